The molecule has 2 unspecified atom stereocenters. The van der Waals surface area contributed by atoms with E-state index in [1.165, 1.54) is 0 Å². The zero-order chi connectivity index (χ0) is 21.3. The van der Waals surface area contributed by atoms with Crippen molar-refractivity contribution in [2.24, 2.45) is 11.8 Å². The Morgan fingerprint density at radius 3 is 2.53 bits per heavy atom. The third-order valence-electron chi connectivity index (χ3n) is 5.13. The molecule has 6 heteroatoms. The van der Waals surface area contributed by atoms with E-state index in [2.05, 4.69) is 17.6 Å². The van der Waals surface area contributed by atoms with Gasteiger partial charge < -0.3 is 20.1 Å². The zero-order valence-electron chi connectivity index (χ0n) is 17.6. The summed E-state index contributed by atoms with van der Waals surface area (Å²) in [7, 11) is 0. The topological polar surface area (TPSA) is 76.7 Å². The van der Waals surface area contributed by atoms with Crippen LogP contribution in [0.5, 0.6) is 0 Å². The van der Waals surface area contributed by atoms with Crippen LogP contribution in [0.15, 0.2) is 48.5 Å². The first-order valence-electron chi connectivity index (χ1n) is 10.5. The third-order valence-corrected chi connectivity index (χ3v) is 5.13. The van der Waals surface area contributed by atoms with Crippen molar-refractivity contribution in [3.8, 4) is 0 Å². The number of hydrogen-bond acceptors (Lipinski definition) is 4. The maximum Gasteiger partial charge on any atom is 0.251 e. The number of anilines is 1. The molecule has 30 heavy (non-hydrogen) atoms. The van der Waals surface area contributed by atoms with Gasteiger partial charge in [0.05, 0.1) is 19.8 Å². The van der Waals surface area contributed by atoms with E-state index in [4.69, 9.17) is 9.47 Å². The van der Waals surface area contributed by atoms with Crippen molar-refractivity contribution in [2.75, 3.05) is 25.1 Å². The van der Waals surface area contributed by atoms with Crippen LogP contribution in [-0.2, 0) is 27.4 Å². The normalized spacial score (nSPS) is 17.4. The van der Waals surface area contributed by atoms with Crippen LogP contribution in [0.25, 0.3) is 0 Å². The SMILES string of the molecule is CCOCCOCc1cccc(CNC(=O)c2cccc(NC(=O)C3CC3C)c2)c1. The smallest absolute Gasteiger partial charge is 0.251 e. The number of rotatable bonds is 11. The number of ether oxygens (including phenoxy) is 2. The first kappa shape index (κ1) is 22.0. The molecule has 2 atom stereocenters. The van der Waals surface area contributed by atoms with Gasteiger partial charge in [-0.25, -0.2) is 0 Å². The predicted octanol–water partition coefficient (Wildman–Crippen LogP) is 3.76. The summed E-state index contributed by atoms with van der Waals surface area (Å²) in [5, 5.41) is 5.84. The van der Waals surface area contributed by atoms with Gasteiger partial charge in [-0.15, -0.1) is 0 Å². The van der Waals surface area contributed by atoms with Crippen molar-refractivity contribution < 1.29 is 19.1 Å². The lowest BCUT2D eigenvalue weighted by Crippen LogP contribution is -2.23. The molecule has 2 aromatic rings. The maximum atomic E-state index is 12.5. The standard InChI is InChI=1S/C24H30N2O4/c1-3-29-10-11-30-16-19-7-4-6-18(13-19)15-25-23(27)20-8-5-9-21(14-20)26-24(28)22-12-17(22)2/h4-9,13-14,17,22H,3,10-12,15-16H2,1-2H3,(H,25,27)(H,26,28). The van der Waals surface area contributed by atoms with Crippen LogP contribution in [0.4, 0.5) is 5.69 Å². The predicted molar refractivity (Wildman–Crippen MR) is 116 cm³/mol. The molecule has 0 spiro atoms. The second kappa shape index (κ2) is 10.9. The number of hydrogen-bond donors (Lipinski definition) is 2. The third kappa shape index (κ3) is 6.68. The highest BCUT2D eigenvalue weighted by Crippen LogP contribution is 2.38. The summed E-state index contributed by atoms with van der Waals surface area (Å²) < 4.78 is 10.9. The van der Waals surface area contributed by atoms with Crippen LogP contribution in [0.3, 0.4) is 0 Å². The molecular formula is C24H30N2O4. The van der Waals surface area contributed by atoms with Crippen LogP contribution in [0.2, 0.25) is 0 Å². The molecule has 2 amide bonds. The Balaban J connectivity index is 1.48. The fraction of sp³-hybridized carbons (Fsp3) is 0.417. The van der Waals surface area contributed by atoms with E-state index in [-0.39, 0.29) is 17.7 Å². The van der Waals surface area contributed by atoms with Crippen LogP contribution in [0, 0.1) is 11.8 Å². The first-order valence-corrected chi connectivity index (χ1v) is 10.5. The number of amides is 2. The summed E-state index contributed by atoms with van der Waals surface area (Å²) in [5.41, 5.74) is 3.23. The van der Waals surface area contributed by atoms with E-state index in [0.717, 1.165) is 17.5 Å². The molecule has 0 aromatic heterocycles. The average Bonchev–Trinajstić information content (AvgIpc) is 3.49. The lowest BCUT2D eigenvalue weighted by Gasteiger charge is -2.10. The van der Waals surface area contributed by atoms with Gasteiger partial charge in [-0.3, -0.25) is 9.59 Å². The highest BCUT2D eigenvalue weighted by atomic mass is 16.5. The number of benzene rings is 2. The fourth-order valence-electron chi connectivity index (χ4n) is 3.23. The lowest BCUT2D eigenvalue weighted by molar-refractivity contribution is -0.117. The minimum atomic E-state index is -0.177. The van der Waals surface area contributed by atoms with E-state index < -0.39 is 0 Å². The molecule has 3 rings (SSSR count). The van der Waals surface area contributed by atoms with Crippen LogP contribution in [0.1, 0.15) is 41.8 Å². The maximum absolute atomic E-state index is 12.5. The largest absolute Gasteiger partial charge is 0.379 e. The fourth-order valence-corrected chi connectivity index (χ4v) is 3.23. The van der Waals surface area contributed by atoms with Gasteiger partial charge >= 0.3 is 0 Å². The summed E-state index contributed by atoms with van der Waals surface area (Å²) in [6.45, 7) is 6.78. The molecule has 0 radical (unpaired) electrons. The molecule has 160 valence electrons. The van der Waals surface area contributed by atoms with Gasteiger partial charge in [0.15, 0.2) is 0 Å². The van der Waals surface area contributed by atoms with Gasteiger partial charge in [0.2, 0.25) is 5.91 Å². The van der Waals surface area contributed by atoms with E-state index in [0.29, 0.717) is 50.1 Å². The van der Waals surface area contributed by atoms with Gasteiger partial charge in [0.25, 0.3) is 5.91 Å². The molecule has 0 heterocycles. The minimum Gasteiger partial charge on any atom is -0.379 e. The molecule has 2 aromatic carbocycles. The van der Waals surface area contributed by atoms with Crippen molar-refractivity contribution in [3.05, 3.63) is 65.2 Å². The molecule has 1 saturated carbocycles. The second-order valence-electron chi connectivity index (χ2n) is 7.64. The Bertz CT molecular complexity index is 868. The summed E-state index contributed by atoms with van der Waals surface area (Å²) in [6, 6.07) is 15.0. The zero-order valence-corrected chi connectivity index (χ0v) is 17.6. The molecule has 1 fully saturated rings. The van der Waals surface area contributed by atoms with Crippen molar-refractivity contribution in [3.63, 3.8) is 0 Å². The highest BCUT2D eigenvalue weighted by Gasteiger charge is 2.39. The van der Waals surface area contributed by atoms with E-state index in [1.807, 2.05) is 31.2 Å². The van der Waals surface area contributed by atoms with Gasteiger partial charge in [-0.05, 0) is 48.6 Å². The Labute approximate surface area is 178 Å². The van der Waals surface area contributed by atoms with Crippen molar-refractivity contribution >= 4 is 17.5 Å². The molecule has 0 bridgehead atoms. The molecule has 1 aliphatic carbocycles. The van der Waals surface area contributed by atoms with Gasteiger partial charge in [-0.2, -0.15) is 0 Å². The van der Waals surface area contributed by atoms with Crippen molar-refractivity contribution in [1.82, 2.24) is 5.32 Å². The Morgan fingerprint density at radius 1 is 1.03 bits per heavy atom. The number of carbonyl (C=O) groups is 2. The molecule has 0 aliphatic heterocycles. The molecule has 1 aliphatic rings. The first-order chi connectivity index (χ1) is 14.6. The number of carbonyl (C=O) groups excluding carboxylic acids is 2. The quantitative estimate of drug-likeness (QED) is 0.553. The molecule has 6 nitrogen and oxygen atoms in total. The summed E-state index contributed by atoms with van der Waals surface area (Å²) in [6.07, 6.45) is 0.933. The van der Waals surface area contributed by atoms with Crippen LogP contribution < -0.4 is 10.6 Å². The molecular weight excluding hydrogens is 380 g/mol. The Hall–Kier alpha value is -2.70. The lowest BCUT2D eigenvalue weighted by atomic mass is 10.1. The van der Waals surface area contributed by atoms with Gasteiger partial charge in [0.1, 0.15) is 0 Å². The van der Waals surface area contributed by atoms with Crippen LogP contribution >= 0.6 is 0 Å². The van der Waals surface area contributed by atoms with E-state index >= 15 is 0 Å². The van der Waals surface area contributed by atoms with E-state index in [1.54, 1.807) is 24.3 Å². The second-order valence-corrected chi connectivity index (χ2v) is 7.64. The van der Waals surface area contributed by atoms with Gasteiger partial charge in [0, 0.05) is 30.3 Å². The van der Waals surface area contributed by atoms with Crippen molar-refractivity contribution in [2.45, 2.75) is 33.4 Å². The Kier molecular flexibility index (Phi) is 7.99. The van der Waals surface area contributed by atoms with Crippen LogP contribution in [-0.4, -0.2) is 31.6 Å². The summed E-state index contributed by atoms with van der Waals surface area (Å²) >= 11 is 0. The summed E-state index contributed by atoms with van der Waals surface area (Å²) in [5.74, 6) is 0.393. The van der Waals surface area contributed by atoms with Crippen molar-refractivity contribution in [1.29, 1.82) is 0 Å². The average molecular weight is 411 g/mol. The number of nitrogens with one attached hydrogen (secondary N) is 2. The summed E-state index contributed by atoms with van der Waals surface area (Å²) in [4.78, 5) is 24.7. The van der Waals surface area contributed by atoms with E-state index in [9.17, 15) is 9.59 Å². The van der Waals surface area contributed by atoms with Gasteiger partial charge in [-0.1, -0.05) is 37.3 Å². The highest BCUT2D eigenvalue weighted by molar-refractivity contribution is 5.98. The monoisotopic (exact) mass is 410 g/mol. The Morgan fingerprint density at radius 2 is 1.77 bits per heavy atom. The molecule has 2 N–H and O–H groups in total. The molecule has 0 saturated heterocycles. The minimum absolute atomic E-state index is 0.0281.